The molecule has 9 heavy (non-hydrogen) atoms. The molecular formula is C7H11NO. The van der Waals surface area contributed by atoms with Crippen LogP contribution in [0.5, 0.6) is 0 Å². The Morgan fingerprint density at radius 3 is 2.67 bits per heavy atom. The summed E-state index contributed by atoms with van der Waals surface area (Å²) in [4.78, 5) is 3.21. The standard InChI is InChI=1S/C7H11NO/c1-6-4-3-5-7(6,9)8-2/h6,9H,3-5H2,1H3/t6-,7+/m1/s1. The zero-order valence-electron chi connectivity index (χ0n) is 5.59. The van der Waals surface area contributed by atoms with Crippen molar-refractivity contribution in [1.29, 1.82) is 0 Å². The highest BCUT2D eigenvalue weighted by atomic mass is 16.3. The van der Waals surface area contributed by atoms with E-state index in [-0.39, 0.29) is 5.92 Å². The van der Waals surface area contributed by atoms with E-state index in [1.807, 2.05) is 6.92 Å². The van der Waals surface area contributed by atoms with E-state index in [4.69, 9.17) is 6.57 Å². The average molecular weight is 125 g/mol. The molecule has 2 atom stereocenters. The molecule has 1 N–H and O–H groups in total. The first-order chi connectivity index (χ1) is 4.19. The Balaban J connectivity index is 2.70. The van der Waals surface area contributed by atoms with Crippen LogP contribution in [0.3, 0.4) is 0 Å². The largest absolute Gasteiger partial charge is 0.337 e. The van der Waals surface area contributed by atoms with Gasteiger partial charge < -0.3 is 5.11 Å². The van der Waals surface area contributed by atoms with Crippen LogP contribution in [-0.2, 0) is 0 Å². The van der Waals surface area contributed by atoms with Gasteiger partial charge in [0.15, 0.2) is 0 Å². The molecule has 0 radical (unpaired) electrons. The van der Waals surface area contributed by atoms with Crippen molar-refractivity contribution in [2.75, 3.05) is 0 Å². The first-order valence-corrected chi connectivity index (χ1v) is 3.30. The minimum atomic E-state index is -1.01. The predicted molar refractivity (Wildman–Crippen MR) is 34.6 cm³/mol. The van der Waals surface area contributed by atoms with Gasteiger partial charge in [0.05, 0.1) is 12.3 Å². The summed E-state index contributed by atoms with van der Waals surface area (Å²) in [5, 5.41) is 9.41. The quantitative estimate of drug-likeness (QED) is 0.486. The number of aliphatic hydroxyl groups is 1. The Labute approximate surface area is 55.3 Å². The van der Waals surface area contributed by atoms with Crippen LogP contribution in [0.15, 0.2) is 0 Å². The maximum Gasteiger partial charge on any atom is 0.337 e. The molecule has 0 aromatic rings. The van der Waals surface area contributed by atoms with Gasteiger partial charge in [0.1, 0.15) is 0 Å². The van der Waals surface area contributed by atoms with E-state index >= 15 is 0 Å². The van der Waals surface area contributed by atoms with E-state index in [0.29, 0.717) is 6.42 Å². The Kier molecular flexibility index (Phi) is 1.46. The van der Waals surface area contributed by atoms with Crippen LogP contribution in [0.4, 0.5) is 0 Å². The second kappa shape index (κ2) is 2.00. The lowest BCUT2D eigenvalue weighted by Crippen LogP contribution is -2.26. The van der Waals surface area contributed by atoms with Gasteiger partial charge in [-0.1, -0.05) is 6.92 Å². The smallest absolute Gasteiger partial charge is 0.324 e. The van der Waals surface area contributed by atoms with Gasteiger partial charge in [-0.15, -0.1) is 0 Å². The zero-order chi connectivity index (χ0) is 6.91. The van der Waals surface area contributed by atoms with Crippen molar-refractivity contribution in [3.05, 3.63) is 11.4 Å². The Morgan fingerprint density at radius 2 is 2.44 bits per heavy atom. The van der Waals surface area contributed by atoms with Gasteiger partial charge in [-0.2, -0.15) is 0 Å². The highest BCUT2D eigenvalue weighted by molar-refractivity contribution is 4.96. The second-order valence-electron chi connectivity index (χ2n) is 2.78. The van der Waals surface area contributed by atoms with Gasteiger partial charge in [0, 0.05) is 0 Å². The Morgan fingerprint density at radius 1 is 1.78 bits per heavy atom. The number of rotatable bonds is 0. The first kappa shape index (κ1) is 6.57. The normalized spacial score (nSPS) is 42.6. The summed E-state index contributed by atoms with van der Waals surface area (Å²) in [5.74, 6) is 0.176. The van der Waals surface area contributed by atoms with E-state index in [0.717, 1.165) is 12.8 Å². The van der Waals surface area contributed by atoms with E-state index < -0.39 is 5.72 Å². The minimum absolute atomic E-state index is 0.176. The summed E-state index contributed by atoms with van der Waals surface area (Å²) in [7, 11) is 0. The summed E-state index contributed by atoms with van der Waals surface area (Å²) in [5.41, 5.74) is -1.01. The van der Waals surface area contributed by atoms with Crippen molar-refractivity contribution >= 4 is 0 Å². The van der Waals surface area contributed by atoms with E-state index in [1.165, 1.54) is 0 Å². The number of hydrogen-bond donors (Lipinski definition) is 1. The Hall–Kier alpha value is -0.550. The van der Waals surface area contributed by atoms with E-state index in [1.54, 1.807) is 0 Å². The van der Waals surface area contributed by atoms with Crippen molar-refractivity contribution < 1.29 is 5.11 Å². The fourth-order valence-electron chi connectivity index (χ4n) is 1.31. The minimum Gasteiger partial charge on any atom is -0.324 e. The molecule has 0 saturated heterocycles. The lowest BCUT2D eigenvalue weighted by atomic mass is 10.0. The van der Waals surface area contributed by atoms with Crippen LogP contribution in [0.25, 0.3) is 4.85 Å². The molecule has 2 heteroatoms. The summed E-state index contributed by atoms with van der Waals surface area (Å²) >= 11 is 0. The predicted octanol–water partition coefficient (Wildman–Crippen LogP) is 1.41. The molecule has 0 spiro atoms. The maximum absolute atomic E-state index is 9.41. The molecular weight excluding hydrogens is 114 g/mol. The molecule has 0 aliphatic heterocycles. The first-order valence-electron chi connectivity index (χ1n) is 3.30. The van der Waals surface area contributed by atoms with Gasteiger partial charge in [-0.3, -0.25) is 4.85 Å². The highest BCUT2D eigenvalue weighted by Crippen LogP contribution is 2.35. The summed E-state index contributed by atoms with van der Waals surface area (Å²) < 4.78 is 0. The number of nitrogens with zero attached hydrogens (tertiary/aromatic N) is 1. The summed E-state index contributed by atoms with van der Waals surface area (Å²) in [6.07, 6.45) is 2.66. The average Bonchev–Trinajstić information content (AvgIpc) is 2.15. The third-order valence-electron chi connectivity index (χ3n) is 2.16. The monoisotopic (exact) mass is 125 g/mol. The Bertz CT molecular complexity index is 149. The van der Waals surface area contributed by atoms with Gasteiger partial charge in [0.2, 0.25) is 0 Å². The van der Waals surface area contributed by atoms with Gasteiger partial charge in [-0.25, -0.2) is 6.57 Å². The SMILES string of the molecule is [C-]#[N+][C@]1(O)CCC[C@H]1C. The highest BCUT2D eigenvalue weighted by Gasteiger charge is 2.44. The third-order valence-corrected chi connectivity index (χ3v) is 2.16. The molecule has 1 aliphatic carbocycles. The van der Waals surface area contributed by atoms with Gasteiger partial charge in [0.25, 0.3) is 0 Å². The van der Waals surface area contributed by atoms with Gasteiger partial charge in [-0.05, 0) is 12.8 Å². The molecule has 0 heterocycles. The van der Waals surface area contributed by atoms with Crippen LogP contribution in [0.2, 0.25) is 0 Å². The molecule has 50 valence electrons. The molecule has 1 rings (SSSR count). The van der Waals surface area contributed by atoms with Crippen LogP contribution in [0.1, 0.15) is 26.2 Å². The molecule has 1 saturated carbocycles. The molecule has 0 aromatic carbocycles. The van der Waals surface area contributed by atoms with Gasteiger partial charge >= 0.3 is 5.72 Å². The van der Waals surface area contributed by atoms with E-state index in [9.17, 15) is 5.11 Å². The topological polar surface area (TPSA) is 24.6 Å². The lowest BCUT2D eigenvalue weighted by molar-refractivity contribution is 0.0559. The summed E-state index contributed by atoms with van der Waals surface area (Å²) in [6.45, 7) is 8.64. The van der Waals surface area contributed by atoms with Crippen LogP contribution < -0.4 is 0 Å². The lowest BCUT2D eigenvalue weighted by Gasteiger charge is -2.11. The van der Waals surface area contributed by atoms with Crippen molar-refractivity contribution in [2.45, 2.75) is 31.9 Å². The van der Waals surface area contributed by atoms with Crippen molar-refractivity contribution in [3.8, 4) is 0 Å². The molecule has 0 amide bonds. The van der Waals surface area contributed by atoms with Crippen LogP contribution >= 0.6 is 0 Å². The molecule has 1 fully saturated rings. The van der Waals surface area contributed by atoms with Crippen molar-refractivity contribution in [3.63, 3.8) is 0 Å². The molecule has 2 nitrogen and oxygen atoms in total. The fraction of sp³-hybridized carbons (Fsp3) is 0.857. The van der Waals surface area contributed by atoms with Crippen molar-refractivity contribution in [2.24, 2.45) is 5.92 Å². The van der Waals surface area contributed by atoms with E-state index in [2.05, 4.69) is 4.85 Å². The molecule has 0 unspecified atom stereocenters. The third kappa shape index (κ3) is 0.927. The maximum atomic E-state index is 9.41. The molecule has 1 aliphatic rings. The molecule has 0 aromatic heterocycles. The van der Waals surface area contributed by atoms with Crippen molar-refractivity contribution in [1.82, 2.24) is 0 Å². The van der Waals surface area contributed by atoms with Crippen LogP contribution in [-0.4, -0.2) is 10.8 Å². The number of hydrogen-bond acceptors (Lipinski definition) is 1. The van der Waals surface area contributed by atoms with Crippen LogP contribution in [0, 0.1) is 12.5 Å². The summed E-state index contributed by atoms with van der Waals surface area (Å²) in [6, 6.07) is 0. The molecule has 0 bridgehead atoms. The fourth-order valence-corrected chi connectivity index (χ4v) is 1.31. The second-order valence-corrected chi connectivity index (χ2v) is 2.78. The zero-order valence-corrected chi connectivity index (χ0v) is 5.59.